The summed E-state index contributed by atoms with van der Waals surface area (Å²) < 4.78 is 0. The zero-order valence-electron chi connectivity index (χ0n) is 9.13. The lowest BCUT2D eigenvalue weighted by molar-refractivity contribution is 0.149. The molecule has 2 N–H and O–H groups in total. The van der Waals surface area contributed by atoms with Gasteiger partial charge in [0.2, 0.25) is 0 Å². The van der Waals surface area contributed by atoms with Crippen molar-refractivity contribution in [3.8, 4) is 0 Å². The minimum absolute atomic E-state index is 0. The number of rotatable bonds is 0. The molecule has 84 valence electrons. The van der Waals surface area contributed by atoms with Gasteiger partial charge in [-0.05, 0) is 43.9 Å². The molecule has 0 aromatic carbocycles. The molecule has 0 aliphatic heterocycles. The molecule has 0 atom stereocenters. The standard InChI is InChI=1S/C12H23N.ClH/c13-11-5-9-12(10-6-11)7-3-1-2-4-8-12;/h11H,1-10,13H2;1H. The average Bonchev–Trinajstić information content (AvgIpc) is 2.37. The molecule has 2 aliphatic carbocycles. The van der Waals surface area contributed by atoms with Crippen molar-refractivity contribution in [2.75, 3.05) is 0 Å². The molecule has 0 radical (unpaired) electrons. The molecule has 0 aromatic rings. The van der Waals surface area contributed by atoms with Crippen LogP contribution in [0.15, 0.2) is 0 Å². The molecular formula is C12H24ClN. The van der Waals surface area contributed by atoms with Crippen LogP contribution in [0.25, 0.3) is 0 Å². The third kappa shape index (κ3) is 2.87. The number of hydrogen-bond acceptors (Lipinski definition) is 1. The van der Waals surface area contributed by atoms with Crippen LogP contribution in [0.5, 0.6) is 0 Å². The second-order valence-corrected chi connectivity index (χ2v) is 5.25. The molecule has 2 rings (SSSR count). The van der Waals surface area contributed by atoms with E-state index in [4.69, 9.17) is 5.73 Å². The van der Waals surface area contributed by atoms with Gasteiger partial charge >= 0.3 is 0 Å². The maximum atomic E-state index is 5.96. The fraction of sp³-hybridized carbons (Fsp3) is 1.00. The van der Waals surface area contributed by atoms with E-state index in [1.165, 1.54) is 64.2 Å². The normalized spacial score (nSPS) is 28.1. The molecular weight excluding hydrogens is 194 g/mol. The highest BCUT2D eigenvalue weighted by atomic mass is 35.5. The van der Waals surface area contributed by atoms with E-state index in [1.807, 2.05) is 0 Å². The van der Waals surface area contributed by atoms with Crippen molar-refractivity contribution in [3.63, 3.8) is 0 Å². The van der Waals surface area contributed by atoms with Gasteiger partial charge in [-0.2, -0.15) is 0 Å². The Morgan fingerprint density at radius 2 is 1.29 bits per heavy atom. The first-order valence-electron chi connectivity index (χ1n) is 6.06. The molecule has 0 bridgehead atoms. The summed E-state index contributed by atoms with van der Waals surface area (Å²) in [4.78, 5) is 0. The second kappa shape index (κ2) is 5.37. The van der Waals surface area contributed by atoms with E-state index in [0.29, 0.717) is 6.04 Å². The van der Waals surface area contributed by atoms with Crippen LogP contribution >= 0.6 is 12.4 Å². The minimum Gasteiger partial charge on any atom is -0.328 e. The Labute approximate surface area is 94.2 Å². The summed E-state index contributed by atoms with van der Waals surface area (Å²) >= 11 is 0. The van der Waals surface area contributed by atoms with Crippen LogP contribution < -0.4 is 5.73 Å². The highest BCUT2D eigenvalue weighted by Gasteiger charge is 2.34. The van der Waals surface area contributed by atoms with Gasteiger partial charge in [-0.25, -0.2) is 0 Å². The Morgan fingerprint density at radius 1 is 0.786 bits per heavy atom. The Hall–Kier alpha value is 0.250. The monoisotopic (exact) mass is 217 g/mol. The second-order valence-electron chi connectivity index (χ2n) is 5.25. The summed E-state index contributed by atoms with van der Waals surface area (Å²) in [5.41, 5.74) is 6.71. The van der Waals surface area contributed by atoms with E-state index in [-0.39, 0.29) is 12.4 Å². The van der Waals surface area contributed by atoms with Crippen molar-refractivity contribution in [2.24, 2.45) is 11.1 Å². The fourth-order valence-electron chi connectivity index (χ4n) is 3.23. The van der Waals surface area contributed by atoms with E-state index < -0.39 is 0 Å². The molecule has 0 amide bonds. The van der Waals surface area contributed by atoms with Gasteiger partial charge in [0, 0.05) is 6.04 Å². The van der Waals surface area contributed by atoms with Gasteiger partial charge in [-0.1, -0.05) is 25.7 Å². The first kappa shape index (κ1) is 12.3. The van der Waals surface area contributed by atoms with Gasteiger partial charge in [0.1, 0.15) is 0 Å². The van der Waals surface area contributed by atoms with Crippen molar-refractivity contribution in [3.05, 3.63) is 0 Å². The first-order valence-corrected chi connectivity index (χ1v) is 6.06. The molecule has 2 aliphatic rings. The molecule has 0 aromatic heterocycles. The Morgan fingerprint density at radius 3 is 1.79 bits per heavy atom. The minimum atomic E-state index is 0. The van der Waals surface area contributed by atoms with E-state index in [2.05, 4.69) is 0 Å². The lowest BCUT2D eigenvalue weighted by Crippen LogP contribution is -2.33. The number of halogens is 1. The van der Waals surface area contributed by atoms with Crippen LogP contribution in [-0.2, 0) is 0 Å². The van der Waals surface area contributed by atoms with Crippen molar-refractivity contribution in [1.82, 2.24) is 0 Å². The van der Waals surface area contributed by atoms with E-state index >= 15 is 0 Å². The average molecular weight is 218 g/mol. The van der Waals surface area contributed by atoms with Crippen molar-refractivity contribution >= 4 is 12.4 Å². The summed E-state index contributed by atoms with van der Waals surface area (Å²) in [7, 11) is 0. The Bertz CT molecular complexity index is 152. The van der Waals surface area contributed by atoms with Crippen LogP contribution in [0.3, 0.4) is 0 Å². The quantitative estimate of drug-likeness (QED) is 0.659. The van der Waals surface area contributed by atoms with Gasteiger partial charge in [0.25, 0.3) is 0 Å². The van der Waals surface area contributed by atoms with Crippen LogP contribution in [0.1, 0.15) is 64.2 Å². The topological polar surface area (TPSA) is 26.0 Å². The smallest absolute Gasteiger partial charge is 0.00392 e. The lowest BCUT2D eigenvalue weighted by Gasteiger charge is -2.38. The summed E-state index contributed by atoms with van der Waals surface area (Å²) in [6.07, 6.45) is 14.4. The molecule has 1 spiro atoms. The SMILES string of the molecule is Cl.NC1CCC2(CCCCCC2)CC1. The highest BCUT2D eigenvalue weighted by Crippen LogP contribution is 2.45. The Kier molecular flexibility index (Phi) is 4.72. The van der Waals surface area contributed by atoms with Gasteiger partial charge < -0.3 is 5.73 Å². The van der Waals surface area contributed by atoms with Crippen LogP contribution in [0.4, 0.5) is 0 Å². The summed E-state index contributed by atoms with van der Waals surface area (Å²) in [6, 6.07) is 0.522. The van der Waals surface area contributed by atoms with Crippen molar-refractivity contribution < 1.29 is 0 Å². The van der Waals surface area contributed by atoms with Gasteiger partial charge in [0.15, 0.2) is 0 Å². The number of hydrogen-bond donors (Lipinski definition) is 1. The molecule has 2 saturated carbocycles. The van der Waals surface area contributed by atoms with Crippen molar-refractivity contribution in [1.29, 1.82) is 0 Å². The Balaban J connectivity index is 0.000000980. The molecule has 2 heteroatoms. The third-order valence-corrected chi connectivity index (χ3v) is 4.26. The van der Waals surface area contributed by atoms with Crippen molar-refractivity contribution in [2.45, 2.75) is 70.3 Å². The van der Waals surface area contributed by atoms with E-state index in [0.717, 1.165) is 5.41 Å². The molecule has 14 heavy (non-hydrogen) atoms. The zero-order chi connectivity index (χ0) is 9.15. The molecule has 1 nitrogen and oxygen atoms in total. The largest absolute Gasteiger partial charge is 0.328 e. The maximum Gasteiger partial charge on any atom is 0.00392 e. The van der Waals surface area contributed by atoms with Crippen LogP contribution in [0.2, 0.25) is 0 Å². The molecule has 0 saturated heterocycles. The lowest BCUT2D eigenvalue weighted by atomic mass is 9.68. The van der Waals surface area contributed by atoms with E-state index in [1.54, 1.807) is 0 Å². The molecule has 0 heterocycles. The maximum absolute atomic E-state index is 5.96. The first-order chi connectivity index (χ1) is 6.31. The highest BCUT2D eigenvalue weighted by molar-refractivity contribution is 5.85. The van der Waals surface area contributed by atoms with Crippen LogP contribution in [-0.4, -0.2) is 6.04 Å². The van der Waals surface area contributed by atoms with Gasteiger partial charge in [0.05, 0.1) is 0 Å². The third-order valence-electron chi connectivity index (χ3n) is 4.26. The zero-order valence-corrected chi connectivity index (χ0v) is 9.95. The van der Waals surface area contributed by atoms with E-state index in [9.17, 15) is 0 Å². The van der Waals surface area contributed by atoms with Gasteiger partial charge in [-0.3, -0.25) is 0 Å². The molecule has 2 fully saturated rings. The van der Waals surface area contributed by atoms with Crippen LogP contribution in [0, 0.1) is 5.41 Å². The summed E-state index contributed by atoms with van der Waals surface area (Å²) in [5, 5.41) is 0. The fourth-order valence-corrected chi connectivity index (χ4v) is 3.23. The van der Waals surface area contributed by atoms with Gasteiger partial charge in [-0.15, -0.1) is 12.4 Å². The number of nitrogens with two attached hydrogens (primary N) is 1. The predicted molar refractivity (Wildman–Crippen MR) is 63.8 cm³/mol. The predicted octanol–water partition coefficient (Wildman–Crippen LogP) is 3.65. The summed E-state index contributed by atoms with van der Waals surface area (Å²) in [6.45, 7) is 0. The summed E-state index contributed by atoms with van der Waals surface area (Å²) in [5.74, 6) is 0. The molecule has 0 unspecified atom stereocenters.